The van der Waals surface area contributed by atoms with E-state index in [1.807, 2.05) is 42.5 Å². The molecule has 1 spiro atoms. The summed E-state index contributed by atoms with van der Waals surface area (Å²) in [6, 6.07) is 7.27. The van der Waals surface area contributed by atoms with Crippen LogP contribution >= 0.6 is 0 Å². The molecule has 0 radical (unpaired) electrons. The van der Waals surface area contributed by atoms with Crippen LogP contribution in [0.2, 0.25) is 0 Å². The monoisotopic (exact) mass is 510 g/mol. The number of hydrogen-bond acceptors (Lipinski definition) is 8. The summed E-state index contributed by atoms with van der Waals surface area (Å²) in [4.78, 5) is 12.9. The van der Waals surface area contributed by atoms with E-state index in [9.17, 15) is 18.3 Å². The summed E-state index contributed by atoms with van der Waals surface area (Å²) >= 11 is 0. The third kappa shape index (κ3) is 3.56. The number of aromatic carboxylic acids is 1. The number of benzene rings is 2. The van der Waals surface area contributed by atoms with Gasteiger partial charge in [-0.3, -0.25) is 4.18 Å². The van der Waals surface area contributed by atoms with Gasteiger partial charge < -0.3 is 24.1 Å². The van der Waals surface area contributed by atoms with Gasteiger partial charge in [0, 0.05) is 5.56 Å². The number of rotatable bonds is 6. The zero-order valence-electron chi connectivity index (χ0n) is 19.2. The fourth-order valence-corrected chi connectivity index (χ4v) is 5.71. The molecule has 0 aromatic heterocycles. The summed E-state index contributed by atoms with van der Waals surface area (Å²) in [6.45, 7) is -0.109. The summed E-state index contributed by atoms with van der Waals surface area (Å²) in [7, 11) is -3.72. The molecule has 0 amide bonds. The quantitative estimate of drug-likeness (QED) is 0.584. The largest absolute Gasteiger partial charge is 0.478 e. The molecule has 10 heteroatoms. The Morgan fingerprint density at radius 2 is 2.00 bits per heavy atom. The van der Waals surface area contributed by atoms with Crippen molar-refractivity contribution in [1.82, 2.24) is 0 Å². The van der Waals surface area contributed by atoms with Gasteiger partial charge in [-0.2, -0.15) is 8.42 Å². The van der Waals surface area contributed by atoms with Crippen LogP contribution < -0.4 is 9.47 Å². The second kappa shape index (κ2) is 8.31. The van der Waals surface area contributed by atoms with Crippen LogP contribution in [0.5, 0.6) is 11.5 Å². The predicted octanol–water partition coefficient (Wildman–Crippen LogP) is 3.39. The zero-order chi connectivity index (χ0) is 25.1. The highest BCUT2D eigenvalue weighted by molar-refractivity contribution is 7.85. The van der Waals surface area contributed by atoms with E-state index in [1.54, 1.807) is 12.1 Å². The van der Waals surface area contributed by atoms with Crippen LogP contribution in [0.25, 0.3) is 17.2 Å². The number of fused-ring (bicyclic) bond motifs is 2. The molecule has 2 unspecified atom stereocenters. The summed E-state index contributed by atoms with van der Waals surface area (Å²) < 4.78 is 51.3. The number of hydrogen-bond donors (Lipinski definition) is 1. The van der Waals surface area contributed by atoms with Crippen molar-refractivity contribution in [3.8, 4) is 22.6 Å². The highest BCUT2D eigenvalue weighted by Gasteiger charge is 2.53. The summed E-state index contributed by atoms with van der Waals surface area (Å²) in [5.41, 5.74) is 2.62. The normalized spacial score (nSPS) is 23.1. The van der Waals surface area contributed by atoms with Crippen LogP contribution in [0, 0.1) is 0 Å². The van der Waals surface area contributed by atoms with Gasteiger partial charge in [0.1, 0.15) is 12.9 Å². The minimum Gasteiger partial charge on any atom is -0.478 e. The van der Waals surface area contributed by atoms with Gasteiger partial charge in [0.25, 0.3) is 10.1 Å². The van der Waals surface area contributed by atoms with Crippen molar-refractivity contribution in [3.05, 3.63) is 76.4 Å². The molecule has 6 rings (SSSR count). The lowest BCUT2D eigenvalue weighted by Crippen LogP contribution is -2.42. The Balaban J connectivity index is 1.60. The Morgan fingerprint density at radius 3 is 2.81 bits per heavy atom. The molecule has 4 aliphatic rings. The van der Waals surface area contributed by atoms with Crippen LogP contribution in [-0.4, -0.2) is 52.0 Å². The maximum atomic E-state index is 12.9. The van der Waals surface area contributed by atoms with Crippen molar-refractivity contribution in [3.63, 3.8) is 0 Å². The topological polar surface area (TPSA) is 118 Å². The van der Waals surface area contributed by atoms with Gasteiger partial charge in [0.2, 0.25) is 6.79 Å². The van der Waals surface area contributed by atoms with Gasteiger partial charge in [-0.1, -0.05) is 36.4 Å². The molecule has 0 bridgehead atoms. The first kappa shape index (κ1) is 23.0. The van der Waals surface area contributed by atoms with Gasteiger partial charge >= 0.3 is 5.97 Å². The van der Waals surface area contributed by atoms with Gasteiger partial charge in [0.05, 0.1) is 18.4 Å². The third-order valence-electron chi connectivity index (χ3n) is 6.75. The Bertz CT molecular complexity index is 1490. The van der Waals surface area contributed by atoms with Crippen molar-refractivity contribution < 1.29 is 41.4 Å². The average Bonchev–Trinajstić information content (AvgIpc) is 3.48. The number of carboxylic acids is 1. The Labute approximate surface area is 207 Å². The Hall–Kier alpha value is -3.44. The van der Waals surface area contributed by atoms with E-state index in [4.69, 9.17) is 23.1 Å². The number of allylic oxidation sites excluding steroid dienone is 2. The van der Waals surface area contributed by atoms with Gasteiger partial charge in [-0.05, 0) is 52.4 Å². The fraction of sp³-hybridized carbons (Fsp3) is 0.269. The first-order valence-electron chi connectivity index (χ1n) is 11.3. The summed E-state index contributed by atoms with van der Waals surface area (Å²) in [6.07, 6.45) is 9.86. The van der Waals surface area contributed by atoms with Crippen LogP contribution in [0.3, 0.4) is 0 Å². The second-order valence-electron chi connectivity index (χ2n) is 8.82. The molecular formula is C26H22O9S. The highest BCUT2D eigenvalue weighted by atomic mass is 32.2. The summed E-state index contributed by atoms with van der Waals surface area (Å²) in [5.74, 6) is -0.0140. The SMILES string of the molecule is CS(=O)(=O)OCCc1c(-c2ccc3c(c2)OCO3)cc2c(c1C(=O)O)C13OCOC1C=CC=C3C=C2. The molecule has 9 nitrogen and oxygen atoms in total. The van der Waals surface area contributed by atoms with Crippen LogP contribution in [-0.2, 0) is 35.8 Å². The number of carbonyl (C=O) groups is 1. The maximum Gasteiger partial charge on any atom is 0.336 e. The van der Waals surface area contributed by atoms with E-state index in [-0.39, 0.29) is 32.2 Å². The molecule has 2 atom stereocenters. The Morgan fingerprint density at radius 1 is 1.17 bits per heavy atom. The van der Waals surface area contributed by atoms with E-state index in [2.05, 4.69) is 0 Å². The first-order chi connectivity index (χ1) is 17.3. The smallest absolute Gasteiger partial charge is 0.336 e. The van der Waals surface area contributed by atoms with Crippen LogP contribution in [0.1, 0.15) is 27.0 Å². The van der Waals surface area contributed by atoms with E-state index >= 15 is 0 Å². The minimum absolute atomic E-state index is 0.00905. The molecule has 2 aliphatic heterocycles. The van der Waals surface area contributed by atoms with Gasteiger partial charge in [-0.25, -0.2) is 4.79 Å². The molecule has 2 heterocycles. The molecule has 1 fully saturated rings. The number of ether oxygens (including phenoxy) is 4. The standard InChI is InChI=1S/C26H22O9S/c1-36(29,30)35-10-9-18-19(15-6-8-20-21(12-15)32-13-31-20)11-16-5-7-17-3-2-4-22-26(17,34-14-33-22)24(16)23(18)25(27)28/h2-8,11-12,22H,9-10,13-14H2,1H3,(H,27,28). The lowest BCUT2D eigenvalue weighted by atomic mass is 9.69. The molecule has 0 saturated carbocycles. The molecule has 186 valence electrons. The lowest BCUT2D eigenvalue weighted by Gasteiger charge is -2.40. The van der Waals surface area contributed by atoms with E-state index in [0.29, 0.717) is 39.3 Å². The van der Waals surface area contributed by atoms with Crippen LogP contribution in [0.15, 0.2) is 54.1 Å². The predicted molar refractivity (Wildman–Crippen MR) is 128 cm³/mol. The second-order valence-corrected chi connectivity index (χ2v) is 10.5. The molecule has 2 aromatic carbocycles. The first-order valence-corrected chi connectivity index (χ1v) is 13.1. The average molecular weight is 511 g/mol. The molecule has 1 saturated heterocycles. The van der Waals surface area contributed by atoms with Gasteiger partial charge in [0.15, 0.2) is 17.1 Å². The highest BCUT2D eigenvalue weighted by Crippen LogP contribution is 2.52. The van der Waals surface area contributed by atoms with Crippen molar-refractivity contribution in [2.24, 2.45) is 0 Å². The van der Waals surface area contributed by atoms with E-state index in [0.717, 1.165) is 11.8 Å². The fourth-order valence-electron chi connectivity index (χ4n) is 5.33. The zero-order valence-corrected chi connectivity index (χ0v) is 20.0. The molecule has 36 heavy (non-hydrogen) atoms. The molecule has 2 aromatic rings. The maximum absolute atomic E-state index is 12.9. The van der Waals surface area contributed by atoms with Crippen LogP contribution in [0.4, 0.5) is 0 Å². The molecule has 1 N–H and O–H groups in total. The van der Waals surface area contributed by atoms with E-state index < -0.39 is 27.8 Å². The summed E-state index contributed by atoms with van der Waals surface area (Å²) in [5, 5.41) is 10.6. The molecular weight excluding hydrogens is 488 g/mol. The van der Waals surface area contributed by atoms with Crippen molar-refractivity contribution in [1.29, 1.82) is 0 Å². The van der Waals surface area contributed by atoms with E-state index in [1.165, 1.54) is 0 Å². The third-order valence-corrected chi connectivity index (χ3v) is 7.35. The van der Waals surface area contributed by atoms with Crippen molar-refractivity contribution >= 4 is 22.2 Å². The van der Waals surface area contributed by atoms with Crippen molar-refractivity contribution in [2.75, 3.05) is 26.4 Å². The van der Waals surface area contributed by atoms with Crippen molar-refractivity contribution in [2.45, 2.75) is 18.1 Å². The minimum atomic E-state index is -3.72. The van der Waals surface area contributed by atoms with Gasteiger partial charge in [-0.15, -0.1) is 0 Å². The lowest BCUT2D eigenvalue weighted by molar-refractivity contribution is 0.00954. The number of carboxylic acid groups (broad SMARTS) is 1. The molecule has 2 aliphatic carbocycles. The Kier molecular flexibility index (Phi) is 5.31.